The number of phosphoric ester groups is 1. The van der Waals surface area contributed by atoms with Crippen molar-refractivity contribution in [3.63, 3.8) is 0 Å². The Morgan fingerprint density at radius 3 is 1.09 bits per heavy atom. The van der Waals surface area contributed by atoms with E-state index in [4.69, 9.17) is 18.5 Å². The lowest BCUT2D eigenvalue weighted by molar-refractivity contribution is -0.870. The lowest BCUT2D eigenvalue weighted by Crippen LogP contribution is -2.37. The lowest BCUT2D eigenvalue weighted by Gasteiger charge is -2.28. The number of hydrogen-bond acceptors (Lipinski definition) is 8. The number of hydrogen-bond donors (Lipinski definition) is 0. The number of rotatable bonds is 62. The van der Waals surface area contributed by atoms with E-state index in [1.165, 1.54) is 231 Å². The molecular weight excluding hydrogens is 990 g/mol. The summed E-state index contributed by atoms with van der Waals surface area (Å²) in [6.07, 6.45) is 76.4. The summed E-state index contributed by atoms with van der Waals surface area (Å²) in [5.74, 6) is -0.815. The number of nitrogens with zero attached hydrogens (tertiary/aromatic N) is 1. The summed E-state index contributed by atoms with van der Waals surface area (Å²) < 4.78 is 34.2. The molecule has 9 nitrogen and oxygen atoms in total. The number of unbranched alkanes of at least 4 members (excludes halogenated alkanes) is 40. The van der Waals surface area contributed by atoms with Crippen molar-refractivity contribution in [2.45, 2.75) is 328 Å². The highest BCUT2D eigenvalue weighted by atomic mass is 31.2. The largest absolute Gasteiger partial charge is 0.756 e. The van der Waals surface area contributed by atoms with E-state index in [2.05, 4.69) is 62.5 Å². The SMILES string of the molecule is CC/C=C\C/C=C\C/C=C\C/C=C\CCCCCCCCCCCCCCCCCCCCCCCCCCCCCCC(=O)OC(COC(=O)CCCCCCCCCCCCCCC)COP(=O)([O-])OCC[N+](C)(C)C. The first kappa shape index (κ1) is 76.0. The monoisotopic (exact) mass is 1120 g/mol. The first-order valence-corrected chi connectivity index (χ1v) is 34.8. The quantitative estimate of drug-likeness (QED) is 0.0195. The Morgan fingerprint density at radius 1 is 0.410 bits per heavy atom. The van der Waals surface area contributed by atoms with Gasteiger partial charge in [0.2, 0.25) is 0 Å². The highest BCUT2D eigenvalue weighted by Gasteiger charge is 2.22. The maximum absolute atomic E-state index is 12.8. The number of carbonyl (C=O) groups excluding carboxylic acids is 2. The fraction of sp³-hybridized carbons (Fsp3) is 0.853. The Labute approximate surface area is 484 Å². The van der Waals surface area contributed by atoms with E-state index in [1.807, 2.05) is 21.1 Å². The average molecular weight is 1120 g/mol. The fourth-order valence-electron chi connectivity index (χ4n) is 9.77. The van der Waals surface area contributed by atoms with Crippen molar-refractivity contribution in [2.75, 3.05) is 47.5 Å². The van der Waals surface area contributed by atoms with Crippen LogP contribution in [0.15, 0.2) is 48.6 Å². The van der Waals surface area contributed by atoms with Gasteiger partial charge in [-0.2, -0.15) is 0 Å². The minimum atomic E-state index is -4.63. The van der Waals surface area contributed by atoms with Gasteiger partial charge in [-0.05, 0) is 51.4 Å². The van der Waals surface area contributed by atoms with Crippen LogP contribution in [0.1, 0.15) is 322 Å². The van der Waals surface area contributed by atoms with Gasteiger partial charge in [0.25, 0.3) is 7.82 Å². The van der Waals surface area contributed by atoms with E-state index in [-0.39, 0.29) is 32.0 Å². The molecule has 0 N–H and O–H groups in total. The first-order chi connectivity index (χ1) is 38.0. The van der Waals surface area contributed by atoms with Crippen molar-refractivity contribution in [1.82, 2.24) is 0 Å². The molecule has 2 unspecified atom stereocenters. The van der Waals surface area contributed by atoms with Gasteiger partial charge in [0.1, 0.15) is 19.8 Å². The molecule has 0 heterocycles. The van der Waals surface area contributed by atoms with Crippen LogP contribution in [0.3, 0.4) is 0 Å². The molecule has 0 aliphatic rings. The number of carbonyl (C=O) groups is 2. The van der Waals surface area contributed by atoms with Crippen molar-refractivity contribution in [3.8, 4) is 0 Å². The number of quaternary nitrogens is 1. The standard InChI is InChI=1S/C68H128NO8P/c1-6-8-10-12-14-16-18-20-21-22-23-24-25-26-27-28-29-30-31-32-33-34-35-36-37-38-39-40-41-42-43-44-45-46-47-49-51-53-55-57-59-61-68(71)77-66(65-76-78(72,73)75-63-62-69(3,4)5)64-74-67(70)60-58-56-54-52-50-48-19-17-15-13-11-9-7-2/h8,10,14,16,20-21,23-24,66H,6-7,9,11-13,15,17-19,22,25-65H2,1-5H3/b10-8-,16-14-,21-20-,24-23-. The van der Waals surface area contributed by atoms with Gasteiger partial charge in [0.05, 0.1) is 27.7 Å². The van der Waals surface area contributed by atoms with Gasteiger partial charge in [-0.1, -0.05) is 306 Å². The second-order valence-corrected chi connectivity index (χ2v) is 25.2. The molecule has 2 atom stereocenters. The average Bonchev–Trinajstić information content (AvgIpc) is 3.40. The zero-order valence-corrected chi connectivity index (χ0v) is 53.0. The van der Waals surface area contributed by atoms with E-state index >= 15 is 0 Å². The summed E-state index contributed by atoms with van der Waals surface area (Å²) in [6.45, 7) is 4.17. The first-order valence-electron chi connectivity index (χ1n) is 33.3. The number of esters is 2. The highest BCUT2D eigenvalue weighted by Crippen LogP contribution is 2.38. The van der Waals surface area contributed by atoms with Crippen LogP contribution in [0, 0.1) is 0 Å². The molecule has 458 valence electrons. The predicted molar refractivity (Wildman–Crippen MR) is 333 cm³/mol. The molecule has 0 amide bonds. The molecule has 0 aromatic rings. The minimum absolute atomic E-state index is 0.0273. The molecular formula is C68H128NO8P. The molecule has 10 heteroatoms. The van der Waals surface area contributed by atoms with Crippen molar-refractivity contribution in [1.29, 1.82) is 0 Å². The second kappa shape index (κ2) is 59.6. The van der Waals surface area contributed by atoms with Gasteiger partial charge in [-0.3, -0.25) is 14.2 Å². The molecule has 0 saturated heterocycles. The third-order valence-corrected chi connectivity index (χ3v) is 15.8. The van der Waals surface area contributed by atoms with Crippen LogP contribution in [-0.4, -0.2) is 70.0 Å². The van der Waals surface area contributed by atoms with E-state index < -0.39 is 26.5 Å². The predicted octanol–water partition coefficient (Wildman–Crippen LogP) is 20.6. The molecule has 0 aromatic carbocycles. The third-order valence-electron chi connectivity index (χ3n) is 14.9. The Balaban J connectivity index is 3.83. The molecule has 0 saturated carbocycles. The van der Waals surface area contributed by atoms with E-state index in [0.717, 1.165) is 57.8 Å². The van der Waals surface area contributed by atoms with E-state index in [9.17, 15) is 19.0 Å². The van der Waals surface area contributed by atoms with Crippen LogP contribution in [0.5, 0.6) is 0 Å². The minimum Gasteiger partial charge on any atom is -0.756 e. The van der Waals surface area contributed by atoms with Gasteiger partial charge in [-0.15, -0.1) is 0 Å². The fourth-order valence-corrected chi connectivity index (χ4v) is 10.5. The topological polar surface area (TPSA) is 111 Å². The van der Waals surface area contributed by atoms with Crippen LogP contribution in [0.2, 0.25) is 0 Å². The summed E-state index contributed by atoms with van der Waals surface area (Å²) in [5.41, 5.74) is 0. The number of likely N-dealkylation sites (N-methyl/N-ethyl adjacent to an activating group) is 1. The lowest BCUT2D eigenvalue weighted by atomic mass is 10.0. The summed E-state index contributed by atoms with van der Waals surface area (Å²) in [4.78, 5) is 37.8. The molecule has 0 fully saturated rings. The zero-order valence-electron chi connectivity index (χ0n) is 52.1. The van der Waals surface area contributed by atoms with Crippen LogP contribution >= 0.6 is 7.82 Å². The van der Waals surface area contributed by atoms with Crippen molar-refractivity contribution in [3.05, 3.63) is 48.6 Å². The Morgan fingerprint density at radius 2 is 0.731 bits per heavy atom. The molecule has 0 rings (SSSR count). The van der Waals surface area contributed by atoms with Gasteiger partial charge >= 0.3 is 11.9 Å². The van der Waals surface area contributed by atoms with Gasteiger partial charge in [0.15, 0.2) is 6.10 Å². The molecule has 78 heavy (non-hydrogen) atoms. The van der Waals surface area contributed by atoms with Gasteiger partial charge in [-0.25, -0.2) is 0 Å². The second-order valence-electron chi connectivity index (χ2n) is 23.8. The van der Waals surface area contributed by atoms with Gasteiger partial charge in [0, 0.05) is 12.8 Å². The highest BCUT2D eigenvalue weighted by molar-refractivity contribution is 7.45. The van der Waals surface area contributed by atoms with Crippen LogP contribution in [0.25, 0.3) is 0 Å². The Kier molecular flexibility index (Phi) is 58.0. The summed E-state index contributed by atoms with van der Waals surface area (Å²) in [6, 6.07) is 0. The third kappa shape index (κ3) is 63.2. The zero-order chi connectivity index (χ0) is 57.0. The van der Waals surface area contributed by atoms with Crippen LogP contribution in [-0.2, 0) is 32.7 Å². The van der Waals surface area contributed by atoms with Crippen molar-refractivity contribution < 1.29 is 42.1 Å². The maximum Gasteiger partial charge on any atom is 0.306 e. The smallest absolute Gasteiger partial charge is 0.306 e. The number of allylic oxidation sites excluding steroid dienone is 8. The molecule has 0 bridgehead atoms. The molecule has 0 aromatic heterocycles. The van der Waals surface area contributed by atoms with Crippen molar-refractivity contribution in [2.24, 2.45) is 0 Å². The number of phosphoric acid groups is 1. The van der Waals surface area contributed by atoms with E-state index in [0.29, 0.717) is 17.4 Å². The summed E-state index contributed by atoms with van der Waals surface area (Å²) in [7, 11) is 1.18. The van der Waals surface area contributed by atoms with Gasteiger partial charge < -0.3 is 27.9 Å². The Hall–Kier alpha value is -2.03. The van der Waals surface area contributed by atoms with Crippen molar-refractivity contribution >= 4 is 19.8 Å². The summed E-state index contributed by atoms with van der Waals surface area (Å²) >= 11 is 0. The van der Waals surface area contributed by atoms with E-state index in [1.54, 1.807) is 0 Å². The molecule has 0 aliphatic carbocycles. The molecule has 0 spiro atoms. The normalized spacial score (nSPS) is 13.5. The molecule has 0 aliphatic heterocycles. The summed E-state index contributed by atoms with van der Waals surface area (Å²) in [5, 5.41) is 0. The Bertz CT molecular complexity index is 1460. The molecule has 0 radical (unpaired) electrons. The number of ether oxygens (including phenoxy) is 2. The van der Waals surface area contributed by atoms with Crippen LogP contribution < -0.4 is 4.89 Å². The van der Waals surface area contributed by atoms with Crippen LogP contribution in [0.4, 0.5) is 0 Å². The maximum atomic E-state index is 12.8.